The number of anilines is 1. The Morgan fingerprint density at radius 2 is 1.64 bits per heavy atom. The summed E-state index contributed by atoms with van der Waals surface area (Å²) in [5, 5.41) is 15.3. The molecule has 3 N–H and O–H groups in total. The van der Waals surface area contributed by atoms with Gasteiger partial charge in [-0.3, -0.25) is 14.4 Å². The molecule has 33 heavy (non-hydrogen) atoms. The minimum absolute atomic E-state index is 0.154. The van der Waals surface area contributed by atoms with Crippen molar-refractivity contribution in [3.8, 4) is 0 Å². The van der Waals surface area contributed by atoms with Gasteiger partial charge in [0.25, 0.3) is 17.6 Å². The van der Waals surface area contributed by atoms with Crippen LogP contribution in [0.25, 0.3) is 0 Å². The van der Waals surface area contributed by atoms with Gasteiger partial charge in [0.2, 0.25) is 0 Å². The number of hydrogen-bond donors (Lipinski definition) is 3. The predicted molar refractivity (Wildman–Crippen MR) is 124 cm³/mol. The second kappa shape index (κ2) is 9.09. The van der Waals surface area contributed by atoms with E-state index >= 15 is 0 Å². The fourth-order valence-electron chi connectivity index (χ4n) is 4.65. The average Bonchev–Trinajstić information content (AvgIpc) is 2.96. The second-order valence-electron chi connectivity index (χ2n) is 9.45. The fraction of sp³-hybridized carbons (Fsp3) is 0.480. The van der Waals surface area contributed by atoms with Crippen molar-refractivity contribution in [2.45, 2.75) is 71.9 Å². The molecular weight excluding hydrogens is 425 g/mol. The number of benzene rings is 1. The number of carbonyl (C=O) groups is 3. The van der Waals surface area contributed by atoms with Gasteiger partial charge >= 0.3 is 0 Å². The van der Waals surface area contributed by atoms with Crippen LogP contribution in [0.4, 0.5) is 10.1 Å². The number of aromatic nitrogens is 1. The zero-order valence-electron chi connectivity index (χ0n) is 20.1. The minimum Gasteiger partial charge on any atom is -0.393 e. The van der Waals surface area contributed by atoms with E-state index in [9.17, 15) is 23.9 Å². The standard InChI is InChI=1S/C25H32FN3O4/c1-13-11-17(12-14(2)20(13)26)27-23(32)19-15(3)21(29(6)16(19)4)22(31)24(33)28-25(5)9-7-18(30)8-10-25/h11-12,18,30H,7-10H2,1-6H3,(H,27,32)(H,28,33)/t18-,25-. The van der Waals surface area contributed by atoms with Gasteiger partial charge in [-0.05, 0) is 89.1 Å². The molecular formula is C25H32FN3O4. The van der Waals surface area contributed by atoms with E-state index in [0.29, 0.717) is 59.3 Å². The lowest BCUT2D eigenvalue weighted by atomic mass is 9.82. The monoisotopic (exact) mass is 457 g/mol. The van der Waals surface area contributed by atoms with E-state index in [0.717, 1.165) is 0 Å². The highest BCUT2D eigenvalue weighted by Crippen LogP contribution is 2.29. The van der Waals surface area contributed by atoms with Gasteiger partial charge in [-0.2, -0.15) is 0 Å². The molecule has 7 nitrogen and oxygen atoms in total. The van der Waals surface area contributed by atoms with Crippen molar-refractivity contribution in [3.63, 3.8) is 0 Å². The SMILES string of the molecule is Cc1cc(NC(=O)c2c(C)c(C(=O)C(=O)N[C@]3(C)CC[C@@H](O)CC3)n(C)c2C)cc(C)c1F. The Labute approximate surface area is 193 Å². The molecule has 0 saturated heterocycles. The Morgan fingerprint density at radius 3 is 2.18 bits per heavy atom. The number of ketones is 1. The van der Waals surface area contributed by atoms with Crippen molar-refractivity contribution in [1.29, 1.82) is 0 Å². The van der Waals surface area contributed by atoms with Gasteiger partial charge in [0.05, 0.1) is 17.4 Å². The number of nitrogens with zero attached hydrogens (tertiary/aromatic N) is 1. The zero-order chi connectivity index (χ0) is 24.7. The Bertz CT molecular complexity index is 1100. The molecule has 1 fully saturated rings. The summed E-state index contributed by atoms with van der Waals surface area (Å²) in [6.07, 6.45) is 1.93. The number of aliphatic hydroxyl groups is 1. The maximum atomic E-state index is 13.9. The van der Waals surface area contributed by atoms with Crippen LogP contribution < -0.4 is 10.6 Å². The molecule has 8 heteroatoms. The lowest BCUT2D eigenvalue weighted by Gasteiger charge is -2.36. The van der Waals surface area contributed by atoms with Crippen LogP contribution in [0.5, 0.6) is 0 Å². The number of rotatable bonds is 5. The van der Waals surface area contributed by atoms with Gasteiger partial charge in [-0.15, -0.1) is 0 Å². The summed E-state index contributed by atoms with van der Waals surface area (Å²) in [6.45, 7) is 8.47. The van der Waals surface area contributed by atoms with Crippen molar-refractivity contribution in [1.82, 2.24) is 9.88 Å². The van der Waals surface area contributed by atoms with Crippen molar-refractivity contribution < 1.29 is 23.9 Å². The normalized spacial score (nSPS) is 20.4. The molecule has 1 heterocycles. The number of aryl methyl sites for hydroxylation is 2. The lowest BCUT2D eigenvalue weighted by Crippen LogP contribution is -2.51. The summed E-state index contributed by atoms with van der Waals surface area (Å²) in [4.78, 5) is 39.0. The van der Waals surface area contributed by atoms with Crippen LogP contribution in [0.15, 0.2) is 12.1 Å². The smallest absolute Gasteiger partial charge is 0.294 e. The van der Waals surface area contributed by atoms with Crippen molar-refractivity contribution in [3.05, 3.63) is 51.6 Å². The van der Waals surface area contributed by atoms with Crippen LogP contribution in [-0.2, 0) is 11.8 Å². The van der Waals surface area contributed by atoms with Crippen LogP contribution in [0.2, 0.25) is 0 Å². The Morgan fingerprint density at radius 1 is 1.09 bits per heavy atom. The molecule has 0 unspecified atom stereocenters. The molecule has 0 aliphatic heterocycles. The summed E-state index contributed by atoms with van der Waals surface area (Å²) in [5.41, 5.74) is 2.15. The average molecular weight is 458 g/mol. The summed E-state index contributed by atoms with van der Waals surface area (Å²) in [7, 11) is 1.64. The van der Waals surface area contributed by atoms with Gasteiger partial charge in [0, 0.05) is 24.0 Å². The topological polar surface area (TPSA) is 100 Å². The highest BCUT2D eigenvalue weighted by molar-refractivity contribution is 6.43. The summed E-state index contributed by atoms with van der Waals surface area (Å²) < 4.78 is 15.5. The first-order chi connectivity index (χ1) is 15.3. The van der Waals surface area contributed by atoms with E-state index in [1.165, 1.54) is 0 Å². The van der Waals surface area contributed by atoms with Gasteiger partial charge in [0.1, 0.15) is 5.82 Å². The van der Waals surface area contributed by atoms with E-state index in [4.69, 9.17) is 0 Å². The Balaban J connectivity index is 1.85. The third-order valence-corrected chi connectivity index (χ3v) is 6.75. The summed E-state index contributed by atoms with van der Waals surface area (Å²) >= 11 is 0. The molecule has 1 aromatic heterocycles. The molecule has 0 radical (unpaired) electrons. The molecule has 1 saturated carbocycles. The maximum Gasteiger partial charge on any atom is 0.294 e. The molecule has 3 rings (SSSR count). The highest BCUT2D eigenvalue weighted by Gasteiger charge is 2.35. The van der Waals surface area contributed by atoms with Crippen molar-refractivity contribution >= 4 is 23.3 Å². The van der Waals surface area contributed by atoms with Crippen LogP contribution in [-0.4, -0.2) is 38.9 Å². The second-order valence-corrected chi connectivity index (χ2v) is 9.45. The van der Waals surface area contributed by atoms with E-state index in [1.54, 1.807) is 51.4 Å². The number of Topliss-reactive ketones (excluding diaryl/α,β-unsaturated/α-hetero) is 1. The lowest BCUT2D eigenvalue weighted by molar-refractivity contribution is -0.119. The van der Waals surface area contributed by atoms with E-state index in [1.807, 2.05) is 6.92 Å². The highest BCUT2D eigenvalue weighted by atomic mass is 19.1. The van der Waals surface area contributed by atoms with E-state index in [-0.39, 0.29) is 17.6 Å². The largest absolute Gasteiger partial charge is 0.393 e. The zero-order valence-corrected chi connectivity index (χ0v) is 20.1. The van der Waals surface area contributed by atoms with Crippen LogP contribution in [0, 0.1) is 33.5 Å². The maximum absolute atomic E-state index is 13.9. The van der Waals surface area contributed by atoms with Crippen LogP contribution in [0.1, 0.15) is 75.8 Å². The molecule has 2 aromatic rings. The first-order valence-electron chi connectivity index (χ1n) is 11.1. The summed E-state index contributed by atoms with van der Waals surface area (Å²) in [6, 6.07) is 3.10. The van der Waals surface area contributed by atoms with E-state index in [2.05, 4.69) is 10.6 Å². The molecule has 0 bridgehead atoms. The molecule has 2 amide bonds. The fourth-order valence-corrected chi connectivity index (χ4v) is 4.65. The first-order valence-corrected chi connectivity index (χ1v) is 11.1. The number of halogens is 1. The molecule has 178 valence electrons. The quantitative estimate of drug-likeness (QED) is 0.471. The van der Waals surface area contributed by atoms with Crippen LogP contribution >= 0.6 is 0 Å². The number of carbonyl (C=O) groups excluding carboxylic acids is 3. The Hall–Kier alpha value is -3.00. The molecule has 1 aliphatic rings. The number of hydrogen-bond acceptors (Lipinski definition) is 4. The minimum atomic E-state index is -0.727. The first kappa shape index (κ1) is 24.6. The van der Waals surface area contributed by atoms with Crippen molar-refractivity contribution in [2.75, 3.05) is 5.32 Å². The number of aliphatic hydroxyl groups excluding tert-OH is 1. The number of nitrogens with one attached hydrogen (secondary N) is 2. The molecule has 0 atom stereocenters. The van der Waals surface area contributed by atoms with Crippen LogP contribution in [0.3, 0.4) is 0 Å². The third kappa shape index (κ3) is 4.85. The van der Waals surface area contributed by atoms with Crippen molar-refractivity contribution in [2.24, 2.45) is 7.05 Å². The molecule has 0 spiro atoms. The molecule has 1 aromatic carbocycles. The summed E-state index contributed by atoms with van der Waals surface area (Å²) in [5.74, 6) is -2.19. The molecule has 1 aliphatic carbocycles. The van der Waals surface area contributed by atoms with Gasteiger partial charge in [-0.1, -0.05) is 0 Å². The predicted octanol–water partition coefficient (Wildman–Crippen LogP) is 3.64. The van der Waals surface area contributed by atoms with Gasteiger partial charge in [-0.25, -0.2) is 4.39 Å². The third-order valence-electron chi connectivity index (χ3n) is 6.75. The number of amides is 2. The van der Waals surface area contributed by atoms with E-state index < -0.39 is 23.1 Å². The Kier molecular flexibility index (Phi) is 6.79. The van der Waals surface area contributed by atoms with Gasteiger partial charge < -0.3 is 20.3 Å². The van der Waals surface area contributed by atoms with Gasteiger partial charge in [0.15, 0.2) is 0 Å².